The van der Waals surface area contributed by atoms with Gasteiger partial charge in [0.2, 0.25) is 0 Å². The summed E-state index contributed by atoms with van der Waals surface area (Å²) in [5, 5.41) is 9.73. The summed E-state index contributed by atoms with van der Waals surface area (Å²) >= 11 is 0. The summed E-state index contributed by atoms with van der Waals surface area (Å²) in [4.78, 5) is 0. The molecule has 16 heavy (non-hydrogen) atoms. The predicted molar refractivity (Wildman–Crippen MR) is 65.2 cm³/mol. The molecule has 1 saturated carbocycles. The molecule has 88 valence electrons. The topological polar surface area (TPSA) is 72.3 Å². The van der Waals surface area contributed by atoms with Gasteiger partial charge in [0.1, 0.15) is 5.75 Å². The molecule has 0 spiro atoms. The monoisotopic (exact) mass is 220 g/mol. The number of phenolic OH excluding ortho intramolecular Hbond substituents is 1. The van der Waals surface area contributed by atoms with Gasteiger partial charge in [0.05, 0.1) is 0 Å². The summed E-state index contributed by atoms with van der Waals surface area (Å²) in [7, 11) is 0. The zero-order chi connectivity index (χ0) is 11.6. The van der Waals surface area contributed by atoms with Crippen LogP contribution in [0.3, 0.4) is 0 Å². The molecule has 0 atom stereocenters. The molecule has 0 amide bonds. The molecule has 0 radical (unpaired) electrons. The molecule has 1 aromatic carbocycles. The van der Waals surface area contributed by atoms with Crippen LogP contribution in [0.25, 0.3) is 0 Å². The van der Waals surface area contributed by atoms with Crippen LogP contribution in [0.2, 0.25) is 0 Å². The van der Waals surface area contributed by atoms with Crippen LogP contribution >= 0.6 is 0 Å². The molecule has 1 aliphatic rings. The normalized spacial score (nSPS) is 30.2. The Labute approximate surface area is 96.5 Å². The lowest BCUT2D eigenvalue weighted by atomic mass is 9.76. The number of hydrogen-bond donors (Lipinski definition) is 3. The highest BCUT2D eigenvalue weighted by Crippen LogP contribution is 2.31. The number of benzene rings is 1. The van der Waals surface area contributed by atoms with Crippen molar-refractivity contribution < 1.29 is 5.11 Å². The summed E-state index contributed by atoms with van der Waals surface area (Å²) in [6.07, 6.45) is 4.62. The predicted octanol–water partition coefficient (Wildman–Crippen LogP) is 1.53. The third-order valence-corrected chi connectivity index (χ3v) is 3.56. The van der Waals surface area contributed by atoms with Gasteiger partial charge in [-0.1, -0.05) is 18.2 Å². The average molecular weight is 220 g/mol. The van der Waals surface area contributed by atoms with Crippen molar-refractivity contribution in [2.75, 3.05) is 0 Å². The second-order valence-corrected chi connectivity index (χ2v) is 5.01. The van der Waals surface area contributed by atoms with E-state index in [-0.39, 0.29) is 5.54 Å². The minimum absolute atomic E-state index is 0.186. The van der Waals surface area contributed by atoms with E-state index in [1.54, 1.807) is 6.07 Å². The standard InChI is InChI=1S/C13H20N2O/c14-11-5-7-13(15,8-6-11)9-10-3-1-2-4-12(10)16/h1-4,11,16H,5-9,14-15H2. The van der Waals surface area contributed by atoms with Crippen LogP contribution in [-0.2, 0) is 6.42 Å². The zero-order valence-corrected chi connectivity index (χ0v) is 9.52. The molecule has 5 N–H and O–H groups in total. The summed E-state index contributed by atoms with van der Waals surface area (Å²) in [6, 6.07) is 7.73. The number of aromatic hydroxyl groups is 1. The molecular formula is C13H20N2O. The van der Waals surface area contributed by atoms with E-state index in [1.807, 2.05) is 18.2 Å². The Bertz CT molecular complexity index is 357. The number of nitrogens with two attached hydrogens (primary N) is 2. The maximum atomic E-state index is 9.73. The lowest BCUT2D eigenvalue weighted by molar-refractivity contribution is 0.269. The molecule has 3 nitrogen and oxygen atoms in total. The Morgan fingerprint density at radius 2 is 1.88 bits per heavy atom. The van der Waals surface area contributed by atoms with E-state index >= 15 is 0 Å². The first kappa shape index (κ1) is 11.4. The van der Waals surface area contributed by atoms with Crippen molar-refractivity contribution >= 4 is 0 Å². The van der Waals surface area contributed by atoms with Crippen LogP contribution in [0.15, 0.2) is 24.3 Å². The first-order chi connectivity index (χ1) is 7.59. The molecule has 0 saturated heterocycles. The summed E-state index contributed by atoms with van der Waals surface area (Å²) in [5.41, 5.74) is 13.0. The van der Waals surface area contributed by atoms with Crippen molar-refractivity contribution in [2.24, 2.45) is 11.5 Å². The average Bonchev–Trinajstić information content (AvgIpc) is 2.27. The van der Waals surface area contributed by atoms with Gasteiger partial charge >= 0.3 is 0 Å². The number of para-hydroxylation sites is 1. The summed E-state index contributed by atoms with van der Waals surface area (Å²) in [6.45, 7) is 0. The van der Waals surface area contributed by atoms with Crippen LogP contribution in [0.1, 0.15) is 31.2 Å². The largest absolute Gasteiger partial charge is 0.508 e. The Kier molecular flexibility index (Phi) is 3.17. The van der Waals surface area contributed by atoms with Crippen molar-refractivity contribution in [3.05, 3.63) is 29.8 Å². The fourth-order valence-electron chi connectivity index (χ4n) is 2.43. The van der Waals surface area contributed by atoms with E-state index in [2.05, 4.69) is 0 Å². The Balaban J connectivity index is 2.07. The first-order valence-corrected chi connectivity index (χ1v) is 5.90. The van der Waals surface area contributed by atoms with E-state index in [4.69, 9.17) is 11.5 Å². The quantitative estimate of drug-likeness (QED) is 0.707. The molecule has 0 unspecified atom stereocenters. The van der Waals surface area contributed by atoms with E-state index in [0.717, 1.165) is 37.7 Å². The highest BCUT2D eigenvalue weighted by Gasteiger charge is 2.31. The van der Waals surface area contributed by atoms with E-state index in [0.29, 0.717) is 11.8 Å². The second-order valence-electron chi connectivity index (χ2n) is 5.01. The van der Waals surface area contributed by atoms with Gasteiger partial charge in [0, 0.05) is 11.6 Å². The van der Waals surface area contributed by atoms with E-state index < -0.39 is 0 Å². The number of rotatable bonds is 2. The van der Waals surface area contributed by atoms with Crippen molar-refractivity contribution in [1.29, 1.82) is 0 Å². The maximum Gasteiger partial charge on any atom is 0.118 e. The third-order valence-electron chi connectivity index (χ3n) is 3.56. The number of phenols is 1. The van der Waals surface area contributed by atoms with Crippen molar-refractivity contribution in [3.8, 4) is 5.75 Å². The van der Waals surface area contributed by atoms with Gasteiger partial charge in [-0.25, -0.2) is 0 Å². The van der Waals surface area contributed by atoms with Crippen molar-refractivity contribution in [1.82, 2.24) is 0 Å². The third kappa shape index (κ3) is 2.54. The van der Waals surface area contributed by atoms with Gasteiger partial charge < -0.3 is 16.6 Å². The minimum atomic E-state index is -0.186. The highest BCUT2D eigenvalue weighted by molar-refractivity contribution is 5.33. The lowest BCUT2D eigenvalue weighted by Gasteiger charge is -2.36. The van der Waals surface area contributed by atoms with Crippen LogP contribution in [0, 0.1) is 0 Å². The Morgan fingerprint density at radius 3 is 2.50 bits per heavy atom. The van der Waals surface area contributed by atoms with Gasteiger partial charge in [-0.3, -0.25) is 0 Å². The van der Waals surface area contributed by atoms with Gasteiger partial charge in [0.25, 0.3) is 0 Å². The summed E-state index contributed by atoms with van der Waals surface area (Å²) < 4.78 is 0. The molecular weight excluding hydrogens is 200 g/mol. The van der Waals surface area contributed by atoms with Gasteiger partial charge in [0.15, 0.2) is 0 Å². The first-order valence-electron chi connectivity index (χ1n) is 5.90. The maximum absolute atomic E-state index is 9.73. The van der Waals surface area contributed by atoms with Gasteiger partial charge in [-0.15, -0.1) is 0 Å². The van der Waals surface area contributed by atoms with E-state index in [9.17, 15) is 5.11 Å². The second kappa shape index (κ2) is 4.44. The highest BCUT2D eigenvalue weighted by atomic mass is 16.3. The lowest BCUT2D eigenvalue weighted by Crippen LogP contribution is -2.47. The van der Waals surface area contributed by atoms with Gasteiger partial charge in [-0.05, 0) is 43.7 Å². The number of hydrogen-bond acceptors (Lipinski definition) is 3. The molecule has 2 rings (SSSR count). The molecule has 1 aliphatic carbocycles. The van der Waals surface area contributed by atoms with Crippen LogP contribution < -0.4 is 11.5 Å². The van der Waals surface area contributed by atoms with Crippen LogP contribution in [0.5, 0.6) is 5.75 Å². The molecule has 1 fully saturated rings. The van der Waals surface area contributed by atoms with E-state index in [1.165, 1.54) is 0 Å². The fourth-order valence-corrected chi connectivity index (χ4v) is 2.43. The van der Waals surface area contributed by atoms with Crippen molar-refractivity contribution in [2.45, 2.75) is 43.7 Å². The molecule has 0 aliphatic heterocycles. The van der Waals surface area contributed by atoms with Crippen molar-refractivity contribution in [3.63, 3.8) is 0 Å². The Morgan fingerprint density at radius 1 is 1.25 bits per heavy atom. The molecule has 0 aromatic heterocycles. The smallest absolute Gasteiger partial charge is 0.118 e. The molecule has 1 aromatic rings. The molecule has 3 heteroatoms. The minimum Gasteiger partial charge on any atom is -0.508 e. The van der Waals surface area contributed by atoms with Gasteiger partial charge in [-0.2, -0.15) is 0 Å². The summed E-state index contributed by atoms with van der Waals surface area (Å²) in [5.74, 6) is 0.349. The molecule has 0 heterocycles. The van der Waals surface area contributed by atoms with Crippen LogP contribution in [0.4, 0.5) is 0 Å². The SMILES string of the molecule is NC1CCC(N)(Cc2ccccc2O)CC1. The Hall–Kier alpha value is -1.06. The zero-order valence-electron chi connectivity index (χ0n) is 9.52. The van der Waals surface area contributed by atoms with Crippen LogP contribution in [-0.4, -0.2) is 16.7 Å². The molecule has 0 bridgehead atoms. The fraction of sp³-hybridized carbons (Fsp3) is 0.538.